The van der Waals surface area contributed by atoms with Crippen LogP contribution in [0.3, 0.4) is 0 Å². The van der Waals surface area contributed by atoms with Crippen LogP contribution in [-0.4, -0.2) is 21.1 Å². The lowest BCUT2D eigenvalue weighted by molar-refractivity contribution is 0.102. The monoisotopic (exact) mass is 270 g/mol. The van der Waals surface area contributed by atoms with Gasteiger partial charge in [-0.1, -0.05) is 11.3 Å². The lowest BCUT2D eigenvalue weighted by Crippen LogP contribution is -2.12. The van der Waals surface area contributed by atoms with Gasteiger partial charge in [-0.05, 0) is 19.1 Å². The van der Waals surface area contributed by atoms with Crippen LogP contribution in [-0.2, 0) is 0 Å². The molecule has 0 saturated carbocycles. The molecule has 0 atom stereocenters. The summed E-state index contributed by atoms with van der Waals surface area (Å²) in [5.74, 6) is -0.459. The third kappa shape index (κ3) is 2.83. The van der Waals surface area contributed by atoms with E-state index in [0.717, 1.165) is 5.69 Å². The van der Waals surface area contributed by atoms with E-state index in [1.165, 1.54) is 6.20 Å². The quantitative estimate of drug-likeness (QED) is 0.930. The molecule has 0 fully saturated rings. The van der Waals surface area contributed by atoms with Gasteiger partial charge in [0, 0.05) is 11.9 Å². The number of alkyl halides is 2. The third-order valence-corrected chi connectivity index (χ3v) is 2.87. The highest BCUT2D eigenvalue weighted by Crippen LogP contribution is 2.25. The van der Waals surface area contributed by atoms with Gasteiger partial charge in [-0.15, -0.1) is 10.2 Å². The van der Waals surface area contributed by atoms with Gasteiger partial charge in [0.05, 0.1) is 5.56 Å². The molecule has 0 aliphatic carbocycles. The summed E-state index contributed by atoms with van der Waals surface area (Å²) in [4.78, 5) is 15.7. The smallest absolute Gasteiger partial charge is 0.291 e. The molecule has 0 saturated heterocycles. The van der Waals surface area contributed by atoms with Gasteiger partial charge in [-0.2, -0.15) is 0 Å². The first-order valence-corrected chi connectivity index (χ1v) is 5.73. The number of halogens is 2. The average Bonchev–Trinajstić information content (AvgIpc) is 2.78. The van der Waals surface area contributed by atoms with E-state index in [0.29, 0.717) is 16.9 Å². The number of rotatable bonds is 3. The number of anilines is 1. The first kappa shape index (κ1) is 12.5. The van der Waals surface area contributed by atoms with Crippen molar-refractivity contribution in [2.75, 3.05) is 5.32 Å². The molecule has 2 aromatic heterocycles. The summed E-state index contributed by atoms with van der Waals surface area (Å²) < 4.78 is 24.5. The zero-order valence-electron chi connectivity index (χ0n) is 9.22. The van der Waals surface area contributed by atoms with Crippen molar-refractivity contribution in [2.45, 2.75) is 13.3 Å². The molecular weight excluding hydrogens is 262 g/mol. The molecule has 0 aliphatic heterocycles. The number of nitrogens with zero attached hydrogens (tertiary/aromatic N) is 3. The van der Waals surface area contributed by atoms with Crippen LogP contribution >= 0.6 is 11.3 Å². The molecule has 0 aromatic carbocycles. The molecule has 0 aliphatic rings. The molecule has 2 aromatic rings. The first-order chi connectivity index (χ1) is 8.56. The highest BCUT2D eigenvalue weighted by atomic mass is 32.1. The second-order valence-electron chi connectivity index (χ2n) is 3.39. The number of carbonyl (C=O) groups is 1. The van der Waals surface area contributed by atoms with Crippen molar-refractivity contribution < 1.29 is 13.6 Å². The standard InChI is InChI=1S/C10H8F2N4OS/c1-5-2-3-6(4-13-5)8(17)14-10-16-15-9(18-10)7(11)12/h2-4,7H,1H3,(H,14,16,17). The zero-order valence-corrected chi connectivity index (χ0v) is 10.0. The Morgan fingerprint density at radius 1 is 1.39 bits per heavy atom. The van der Waals surface area contributed by atoms with Gasteiger partial charge in [0.1, 0.15) is 0 Å². The lowest BCUT2D eigenvalue weighted by Gasteiger charge is -2.00. The van der Waals surface area contributed by atoms with Crippen molar-refractivity contribution in [2.24, 2.45) is 0 Å². The minimum absolute atomic E-state index is 0.0378. The van der Waals surface area contributed by atoms with E-state index in [4.69, 9.17) is 0 Å². The number of nitrogens with one attached hydrogen (secondary N) is 1. The van der Waals surface area contributed by atoms with E-state index in [1.54, 1.807) is 19.1 Å². The third-order valence-electron chi connectivity index (χ3n) is 2.02. The average molecular weight is 270 g/mol. The molecule has 2 heterocycles. The van der Waals surface area contributed by atoms with Gasteiger partial charge in [0.25, 0.3) is 12.3 Å². The maximum Gasteiger partial charge on any atom is 0.291 e. The Bertz CT molecular complexity index is 555. The van der Waals surface area contributed by atoms with E-state index in [1.807, 2.05) is 0 Å². The summed E-state index contributed by atoms with van der Waals surface area (Å²) in [6, 6.07) is 3.27. The fourth-order valence-electron chi connectivity index (χ4n) is 1.14. The van der Waals surface area contributed by atoms with E-state index in [9.17, 15) is 13.6 Å². The van der Waals surface area contributed by atoms with Crippen molar-refractivity contribution in [1.82, 2.24) is 15.2 Å². The van der Waals surface area contributed by atoms with Crippen molar-refractivity contribution in [1.29, 1.82) is 0 Å². The Kier molecular flexibility index (Phi) is 3.56. The molecule has 94 valence electrons. The van der Waals surface area contributed by atoms with Crippen LogP contribution in [0.25, 0.3) is 0 Å². The number of hydrogen-bond acceptors (Lipinski definition) is 5. The molecule has 0 spiro atoms. The van der Waals surface area contributed by atoms with Gasteiger partial charge in [-0.3, -0.25) is 15.1 Å². The van der Waals surface area contributed by atoms with Crippen LogP contribution in [0, 0.1) is 6.92 Å². The van der Waals surface area contributed by atoms with Crippen LogP contribution < -0.4 is 5.32 Å². The predicted molar refractivity (Wildman–Crippen MR) is 61.8 cm³/mol. The summed E-state index contributed by atoms with van der Waals surface area (Å²) in [5, 5.41) is 8.72. The molecule has 1 amide bonds. The summed E-state index contributed by atoms with van der Waals surface area (Å²) in [5.41, 5.74) is 1.11. The molecular formula is C10H8F2N4OS. The zero-order chi connectivity index (χ0) is 13.1. The summed E-state index contributed by atoms with van der Waals surface area (Å²) in [6.07, 6.45) is -1.28. The van der Waals surface area contributed by atoms with E-state index < -0.39 is 17.3 Å². The number of amides is 1. The lowest BCUT2D eigenvalue weighted by atomic mass is 10.2. The summed E-state index contributed by atoms with van der Waals surface area (Å²) in [6.45, 7) is 1.79. The van der Waals surface area contributed by atoms with Crippen molar-refractivity contribution in [3.63, 3.8) is 0 Å². The molecule has 0 radical (unpaired) electrons. The van der Waals surface area contributed by atoms with Crippen molar-refractivity contribution in [3.8, 4) is 0 Å². The minimum Gasteiger partial charge on any atom is -0.296 e. The molecule has 0 bridgehead atoms. The van der Waals surface area contributed by atoms with Crippen LogP contribution in [0.5, 0.6) is 0 Å². The second kappa shape index (κ2) is 5.13. The van der Waals surface area contributed by atoms with Gasteiger partial charge in [-0.25, -0.2) is 8.78 Å². The number of aryl methyl sites for hydroxylation is 1. The van der Waals surface area contributed by atoms with E-state index in [-0.39, 0.29) is 5.13 Å². The Labute approximate surface area is 105 Å². The Balaban J connectivity index is 2.08. The summed E-state index contributed by atoms with van der Waals surface area (Å²) in [7, 11) is 0. The Hall–Kier alpha value is -1.96. The van der Waals surface area contributed by atoms with Gasteiger partial charge >= 0.3 is 0 Å². The van der Waals surface area contributed by atoms with E-state index in [2.05, 4.69) is 20.5 Å². The van der Waals surface area contributed by atoms with Crippen LogP contribution in [0.2, 0.25) is 0 Å². The van der Waals surface area contributed by atoms with Crippen LogP contribution in [0.4, 0.5) is 13.9 Å². The van der Waals surface area contributed by atoms with Gasteiger partial charge in [0.2, 0.25) is 5.13 Å². The highest BCUT2D eigenvalue weighted by molar-refractivity contribution is 7.15. The largest absolute Gasteiger partial charge is 0.296 e. The summed E-state index contributed by atoms with van der Waals surface area (Å²) >= 11 is 0.643. The van der Waals surface area contributed by atoms with Crippen LogP contribution in [0.15, 0.2) is 18.3 Å². The fourth-order valence-corrected chi connectivity index (χ4v) is 1.74. The van der Waals surface area contributed by atoms with Crippen LogP contribution in [0.1, 0.15) is 27.5 Å². The van der Waals surface area contributed by atoms with Gasteiger partial charge < -0.3 is 0 Å². The molecule has 2 rings (SSSR count). The van der Waals surface area contributed by atoms with Crippen molar-refractivity contribution in [3.05, 3.63) is 34.6 Å². The predicted octanol–water partition coefficient (Wildman–Crippen LogP) is 2.43. The first-order valence-electron chi connectivity index (χ1n) is 4.92. The molecule has 1 N–H and O–H groups in total. The number of pyridine rings is 1. The maximum atomic E-state index is 12.3. The molecule has 18 heavy (non-hydrogen) atoms. The van der Waals surface area contributed by atoms with Gasteiger partial charge in [0.15, 0.2) is 5.01 Å². The number of hydrogen-bond donors (Lipinski definition) is 1. The molecule has 8 heteroatoms. The van der Waals surface area contributed by atoms with Crippen molar-refractivity contribution >= 4 is 22.4 Å². The number of carbonyl (C=O) groups excluding carboxylic acids is 1. The molecule has 0 unspecified atom stereocenters. The minimum atomic E-state index is -2.69. The second-order valence-corrected chi connectivity index (χ2v) is 4.40. The Morgan fingerprint density at radius 3 is 2.72 bits per heavy atom. The topological polar surface area (TPSA) is 67.8 Å². The highest BCUT2D eigenvalue weighted by Gasteiger charge is 2.15. The Morgan fingerprint density at radius 2 is 2.17 bits per heavy atom. The molecule has 5 nitrogen and oxygen atoms in total. The van der Waals surface area contributed by atoms with E-state index >= 15 is 0 Å². The fraction of sp³-hybridized carbons (Fsp3) is 0.200. The maximum absolute atomic E-state index is 12.3. The normalized spacial score (nSPS) is 10.7. The number of aromatic nitrogens is 3. The SMILES string of the molecule is Cc1ccc(C(=O)Nc2nnc(C(F)F)s2)cn1.